The fraction of sp³-hybridized carbons (Fsp3) is 0.533. The lowest BCUT2D eigenvalue weighted by molar-refractivity contribution is 0.0409. The first-order valence-corrected chi connectivity index (χ1v) is 6.70. The molecule has 1 fully saturated rings. The molecule has 1 aromatic carbocycles. The second-order valence-corrected chi connectivity index (χ2v) is 5.12. The summed E-state index contributed by atoms with van der Waals surface area (Å²) >= 11 is 0. The smallest absolute Gasteiger partial charge is 0.338 e. The lowest BCUT2D eigenvalue weighted by atomic mass is 9.90. The molecule has 1 aliphatic carbocycles. The molecule has 0 atom stereocenters. The normalized spacial score (nSPS) is 16.5. The minimum Gasteiger partial charge on any atom is -0.462 e. The van der Waals surface area contributed by atoms with Crippen molar-refractivity contribution in [1.82, 2.24) is 0 Å². The zero-order valence-electron chi connectivity index (χ0n) is 10.9. The summed E-state index contributed by atoms with van der Waals surface area (Å²) in [5, 5.41) is 0. The highest BCUT2D eigenvalue weighted by molar-refractivity contribution is 5.92. The summed E-state index contributed by atoms with van der Waals surface area (Å²) in [7, 11) is 0. The molecule has 0 spiro atoms. The monoisotopic (exact) mass is 247 g/mol. The minimum atomic E-state index is -0.245. The maximum Gasteiger partial charge on any atom is 0.338 e. The second kappa shape index (κ2) is 5.89. The average Bonchev–Trinajstić information content (AvgIpc) is 2.40. The van der Waals surface area contributed by atoms with Crippen LogP contribution in [0.25, 0.3) is 0 Å². The molecule has 0 amide bonds. The van der Waals surface area contributed by atoms with Gasteiger partial charge in [0.05, 0.1) is 12.2 Å². The molecule has 1 aliphatic rings. The van der Waals surface area contributed by atoms with Crippen LogP contribution in [0.5, 0.6) is 0 Å². The molecule has 98 valence electrons. The van der Waals surface area contributed by atoms with Gasteiger partial charge in [-0.25, -0.2) is 4.79 Å². The number of rotatable bonds is 3. The summed E-state index contributed by atoms with van der Waals surface area (Å²) in [6, 6.07) is 5.36. The topological polar surface area (TPSA) is 52.3 Å². The van der Waals surface area contributed by atoms with E-state index in [4.69, 9.17) is 10.5 Å². The van der Waals surface area contributed by atoms with Crippen molar-refractivity contribution in [2.24, 2.45) is 5.92 Å². The van der Waals surface area contributed by atoms with Gasteiger partial charge in [0.15, 0.2) is 0 Å². The second-order valence-electron chi connectivity index (χ2n) is 5.12. The molecule has 1 aromatic rings. The van der Waals surface area contributed by atoms with Crippen LogP contribution in [0, 0.1) is 12.8 Å². The zero-order chi connectivity index (χ0) is 13.0. The molecule has 0 aliphatic heterocycles. The Labute approximate surface area is 108 Å². The standard InChI is InChI=1S/C15H21NO2/c1-11-13(8-5-9-14(11)16)15(17)18-10-12-6-3-2-4-7-12/h5,8-9,12H,2-4,6-7,10,16H2,1H3. The van der Waals surface area contributed by atoms with Gasteiger partial charge in [0.25, 0.3) is 0 Å². The average molecular weight is 247 g/mol. The van der Waals surface area contributed by atoms with Gasteiger partial charge >= 0.3 is 5.97 Å². The summed E-state index contributed by atoms with van der Waals surface area (Å²) in [4.78, 5) is 12.0. The Kier molecular flexibility index (Phi) is 4.24. The van der Waals surface area contributed by atoms with Crippen LogP contribution in [-0.2, 0) is 4.74 Å². The third-order valence-electron chi connectivity index (χ3n) is 3.77. The Balaban J connectivity index is 1.93. The molecule has 2 rings (SSSR count). The number of esters is 1. The number of benzene rings is 1. The van der Waals surface area contributed by atoms with Crippen molar-refractivity contribution in [3.63, 3.8) is 0 Å². The number of carbonyl (C=O) groups excluding carboxylic acids is 1. The van der Waals surface area contributed by atoms with Gasteiger partial charge in [-0.2, -0.15) is 0 Å². The van der Waals surface area contributed by atoms with Crippen LogP contribution in [0.1, 0.15) is 48.0 Å². The summed E-state index contributed by atoms with van der Waals surface area (Å²) in [5.74, 6) is 0.300. The molecule has 3 heteroatoms. The zero-order valence-corrected chi connectivity index (χ0v) is 10.9. The number of nitrogen functional groups attached to an aromatic ring is 1. The predicted molar refractivity (Wildman–Crippen MR) is 72.4 cm³/mol. The summed E-state index contributed by atoms with van der Waals surface area (Å²) in [6.45, 7) is 2.40. The van der Waals surface area contributed by atoms with Gasteiger partial charge in [0, 0.05) is 5.69 Å². The van der Waals surface area contributed by atoms with Crippen molar-refractivity contribution >= 4 is 11.7 Å². The summed E-state index contributed by atoms with van der Waals surface area (Å²) in [6.07, 6.45) is 6.21. The van der Waals surface area contributed by atoms with Gasteiger partial charge in [-0.05, 0) is 43.4 Å². The van der Waals surface area contributed by atoms with Gasteiger partial charge in [0.2, 0.25) is 0 Å². The maximum absolute atomic E-state index is 12.0. The van der Waals surface area contributed by atoms with Crippen molar-refractivity contribution < 1.29 is 9.53 Å². The molecule has 18 heavy (non-hydrogen) atoms. The van der Waals surface area contributed by atoms with E-state index in [1.54, 1.807) is 18.2 Å². The van der Waals surface area contributed by atoms with E-state index in [0.717, 1.165) is 5.56 Å². The molecule has 0 unspecified atom stereocenters. The fourth-order valence-corrected chi connectivity index (χ4v) is 2.50. The van der Waals surface area contributed by atoms with E-state index in [0.29, 0.717) is 23.8 Å². The Morgan fingerprint density at radius 2 is 2.06 bits per heavy atom. The van der Waals surface area contributed by atoms with Crippen LogP contribution in [0.2, 0.25) is 0 Å². The number of anilines is 1. The Morgan fingerprint density at radius 1 is 1.33 bits per heavy atom. The SMILES string of the molecule is Cc1c(N)cccc1C(=O)OCC1CCCCC1. The first-order valence-electron chi connectivity index (χ1n) is 6.70. The molecule has 0 aromatic heterocycles. The quantitative estimate of drug-likeness (QED) is 0.658. The minimum absolute atomic E-state index is 0.245. The van der Waals surface area contributed by atoms with Crippen LogP contribution in [0.4, 0.5) is 5.69 Å². The van der Waals surface area contributed by atoms with Crippen LogP contribution >= 0.6 is 0 Å². The van der Waals surface area contributed by atoms with Crippen molar-refractivity contribution in [3.8, 4) is 0 Å². The van der Waals surface area contributed by atoms with E-state index in [-0.39, 0.29) is 5.97 Å². The van der Waals surface area contributed by atoms with Crippen molar-refractivity contribution in [2.75, 3.05) is 12.3 Å². The molecular weight excluding hydrogens is 226 g/mol. The van der Waals surface area contributed by atoms with E-state index < -0.39 is 0 Å². The number of hydrogen-bond acceptors (Lipinski definition) is 3. The predicted octanol–water partition coefficient (Wildman–Crippen LogP) is 3.31. The Hall–Kier alpha value is -1.51. The van der Waals surface area contributed by atoms with Gasteiger partial charge < -0.3 is 10.5 Å². The maximum atomic E-state index is 12.0. The van der Waals surface area contributed by atoms with Crippen LogP contribution in [0.15, 0.2) is 18.2 Å². The van der Waals surface area contributed by atoms with Gasteiger partial charge in [-0.1, -0.05) is 25.3 Å². The molecule has 0 radical (unpaired) electrons. The lowest BCUT2D eigenvalue weighted by Crippen LogP contribution is -2.17. The number of ether oxygens (including phenoxy) is 1. The Morgan fingerprint density at radius 3 is 2.78 bits per heavy atom. The van der Waals surface area contributed by atoms with Crippen LogP contribution in [0.3, 0.4) is 0 Å². The molecule has 0 heterocycles. The molecular formula is C15H21NO2. The Bertz CT molecular complexity index is 423. The van der Waals surface area contributed by atoms with Crippen LogP contribution in [-0.4, -0.2) is 12.6 Å². The van der Waals surface area contributed by atoms with Gasteiger partial charge in [-0.3, -0.25) is 0 Å². The van der Waals surface area contributed by atoms with E-state index in [1.807, 2.05) is 6.92 Å². The third-order valence-corrected chi connectivity index (χ3v) is 3.77. The highest BCUT2D eigenvalue weighted by atomic mass is 16.5. The molecule has 0 bridgehead atoms. The summed E-state index contributed by atoms with van der Waals surface area (Å²) < 4.78 is 5.41. The lowest BCUT2D eigenvalue weighted by Gasteiger charge is -2.21. The first-order chi connectivity index (χ1) is 8.68. The fourth-order valence-electron chi connectivity index (χ4n) is 2.50. The molecule has 0 saturated heterocycles. The highest BCUT2D eigenvalue weighted by Gasteiger charge is 2.17. The van der Waals surface area contributed by atoms with Crippen LogP contribution < -0.4 is 5.73 Å². The molecule has 1 saturated carbocycles. The van der Waals surface area contributed by atoms with Crippen molar-refractivity contribution in [2.45, 2.75) is 39.0 Å². The number of nitrogens with two attached hydrogens (primary N) is 1. The van der Waals surface area contributed by atoms with E-state index in [1.165, 1.54) is 32.1 Å². The van der Waals surface area contributed by atoms with E-state index in [2.05, 4.69) is 0 Å². The third kappa shape index (κ3) is 3.03. The molecule has 3 nitrogen and oxygen atoms in total. The van der Waals surface area contributed by atoms with E-state index >= 15 is 0 Å². The molecule has 2 N–H and O–H groups in total. The number of hydrogen-bond donors (Lipinski definition) is 1. The first kappa shape index (κ1) is 12.9. The highest BCUT2D eigenvalue weighted by Crippen LogP contribution is 2.24. The van der Waals surface area contributed by atoms with Gasteiger partial charge in [-0.15, -0.1) is 0 Å². The van der Waals surface area contributed by atoms with E-state index in [9.17, 15) is 4.79 Å². The largest absolute Gasteiger partial charge is 0.462 e. The summed E-state index contributed by atoms with van der Waals surface area (Å²) in [5.41, 5.74) is 7.83. The van der Waals surface area contributed by atoms with Crippen molar-refractivity contribution in [3.05, 3.63) is 29.3 Å². The number of carbonyl (C=O) groups is 1. The van der Waals surface area contributed by atoms with Gasteiger partial charge in [0.1, 0.15) is 0 Å². The van der Waals surface area contributed by atoms with Crippen molar-refractivity contribution in [1.29, 1.82) is 0 Å².